The van der Waals surface area contributed by atoms with Crippen LogP contribution in [0, 0.1) is 10.1 Å². The summed E-state index contributed by atoms with van der Waals surface area (Å²) >= 11 is 0. The highest BCUT2D eigenvalue weighted by Crippen LogP contribution is 2.17. The van der Waals surface area contributed by atoms with E-state index in [0.29, 0.717) is 11.0 Å². The summed E-state index contributed by atoms with van der Waals surface area (Å²) in [6.45, 7) is 0. The van der Waals surface area contributed by atoms with Crippen LogP contribution in [0.15, 0.2) is 23.0 Å². The van der Waals surface area contributed by atoms with E-state index in [4.69, 9.17) is 4.84 Å². The SMILES string of the molecule is COn1c(=O)[nH]c2ccc([N+](=O)[O-])cc21. The maximum Gasteiger partial charge on any atom is 0.359 e. The molecule has 0 bridgehead atoms. The van der Waals surface area contributed by atoms with Gasteiger partial charge in [-0.1, -0.05) is 0 Å². The predicted molar refractivity (Wildman–Crippen MR) is 51.7 cm³/mol. The van der Waals surface area contributed by atoms with E-state index >= 15 is 0 Å². The van der Waals surface area contributed by atoms with E-state index in [-0.39, 0.29) is 5.69 Å². The van der Waals surface area contributed by atoms with Crippen molar-refractivity contribution in [2.24, 2.45) is 0 Å². The number of imidazole rings is 1. The molecule has 0 saturated carbocycles. The van der Waals surface area contributed by atoms with Gasteiger partial charge in [-0.05, 0) is 6.07 Å². The number of fused-ring (bicyclic) bond motifs is 1. The number of rotatable bonds is 2. The summed E-state index contributed by atoms with van der Waals surface area (Å²) in [4.78, 5) is 28.5. The highest BCUT2D eigenvalue weighted by molar-refractivity contribution is 5.77. The van der Waals surface area contributed by atoms with Gasteiger partial charge in [0.1, 0.15) is 12.6 Å². The fraction of sp³-hybridized carbons (Fsp3) is 0.125. The Bertz CT molecular complexity index is 583. The van der Waals surface area contributed by atoms with Gasteiger partial charge in [0, 0.05) is 12.1 Å². The molecule has 0 unspecified atom stereocenters. The predicted octanol–water partition coefficient (Wildman–Crippen LogP) is 0.296. The number of H-pyrrole nitrogens is 1. The summed E-state index contributed by atoms with van der Waals surface area (Å²) in [5.41, 5.74) is 0.282. The zero-order valence-corrected chi connectivity index (χ0v) is 7.76. The van der Waals surface area contributed by atoms with Gasteiger partial charge in [-0.2, -0.15) is 0 Å². The van der Waals surface area contributed by atoms with Crippen molar-refractivity contribution >= 4 is 16.7 Å². The lowest BCUT2D eigenvalue weighted by Gasteiger charge is -1.98. The number of nitrogens with one attached hydrogen (secondary N) is 1. The molecule has 0 fully saturated rings. The van der Waals surface area contributed by atoms with Gasteiger partial charge in [-0.3, -0.25) is 10.1 Å². The number of nitro benzene ring substituents is 1. The minimum Gasteiger partial charge on any atom is -0.412 e. The Hall–Kier alpha value is -2.31. The molecule has 0 radical (unpaired) electrons. The van der Waals surface area contributed by atoms with Gasteiger partial charge >= 0.3 is 5.69 Å². The van der Waals surface area contributed by atoms with E-state index in [2.05, 4.69) is 4.98 Å². The number of hydrogen-bond acceptors (Lipinski definition) is 4. The third-order valence-corrected chi connectivity index (χ3v) is 2.02. The molecule has 0 aliphatic rings. The Morgan fingerprint density at radius 1 is 1.53 bits per heavy atom. The number of nitro groups is 1. The summed E-state index contributed by atoms with van der Waals surface area (Å²) in [5, 5.41) is 10.5. The number of non-ortho nitro benzene ring substituents is 1. The molecule has 7 heteroatoms. The summed E-state index contributed by atoms with van der Waals surface area (Å²) in [5.74, 6) is 0. The lowest BCUT2D eigenvalue weighted by molar-refractivity contribution is -0.384. The fourth-order valence-corrected chi connectivity index (χ4v) is 1.36. The summed E-state index contributed by atoms with van der Waals surface area (Å²) in [6.07, 6.45) is 0. The molecule has 78 valence electrons. The standard InChI is InChI=1S/C8H7N3O4/c1-15-10-7-4-5(11(13)14)2-3-6(7)9-8(10)12/h2-4H,1H3,(H,9,12). The zero-order valence-electron chi connectivity index (χ0n) is 7.76. The molecule has 2 rings (SSSR count). The van der Waals surface area contributed by atoms with E-state index in [1.807, 2.05) is 0 Å². The summed E-state index contributed by atoms with van der Waals surface area (Å²) in [6, 6.07) is 4.05. The molecule has 2 aromatic rings. The van der Waals surface area contributed by atoms with Crippen LogP contribution in [0.4, 0.5) is 5.69 Å². The van der Waals surface area contributed by atoms with Crippen molar-refractivity contribution in [3.8, 4) is 0 Å². The largest absolute Gasteiger partial charge is 0.412 e. The maximum absolute atomic E-state index is 11.3. The van der Waals surface area contributed by atoms with Crippen molar-refractivity contribution in [1.29, 1.82) is 0 Å². The molecule has 15 heavy (non-hydrogen) atoms. The van der Waals surface area contributed by atoms with Crippen molar-refractivity contribution in [2.75, 3.05) is 7.11 Å². The highest BCUT2D eigenvalue weighted by atomic mass is 16.7. The van der Waals surface area contributed by atoms with Gasteiger partial charge in [0.15, 0.2) is 0 Å². The molecule has 1 N–H and O–H groups in total. The Balaban J connectivity index is 2.79. The van der Waals surface area contributed by atoms with Crippen LogP contribution in [-0.4, -0.2) is 21.7 Å². The molecule has 0 spiro atoms. The number of nitrogens with zero attached hydrogens (tertiary/aromatic N) is 2. The van der Waals surface area contributed by atoms with E-state index in [1.54, 1.807) is 0 Å². The van der Waals surface area contributed by atoms with Crippen LogP contribution in [-0.2, 0) is 0 Å². The van der Waals surface area contributed by atoms with Crippen molar-refractivity contribution in [2.45, 2.75) is 0 Å². The molecular formula is C8H7N3O4. The Morgan fingerprint density at radius 2 is 2.27 bits per heavy atom. The van der Waals surface area contributed by atoms with E-state index in [1.165, 1.54) is 25.3 Å². The van der Waals surface area contributed by atoms with Crippen molar-refractivity contribution < 1.29 is 9.76 Å². The van der Waals surface area contributed by atoms with Gasteiger partial charge in [-0.15, -0.1) is 4.73 Å². The molecule has 0 aliphatic carbocycles. The van der Waals surface area contributed by atoms with E-state index in [0.717, 1.165) is 4.73 Å². The van der Waals surface area contributed by atoms with E-state index < -0.39 is 10.6 Å². The lowest BCUT2D eigenvalue weighted by atomic mass is 10.3. The second kappa shape index (κ2) is 3.12. The number of aromatic nitrogens is 2. The number of hydrogen-bond donors (Lipinski definition) is 1. The smallest absolute Gasteiger partial charge is 0.359 e. The highest BCUT2D eigenvalue weighted by Gasteiger charge is 2.12. The molecule has 1 aromatic heterocycles. The molecule has 1 aromatic carbocycles. The molecule has 7 nitrogen and oxygen atoms in total. The first-order valence-corrected chi connectivity index (χ1v) is 4.07. The van der Waals surface area contributed by atoms with Crippen LogP contribution < -0.4 is 10.5 Å². The van der Waals surface area contributed by atoms with Crippen LogP contribution in [0.1, 0.15) is 0 Å². The molecule has 0 atom stereocenters. The molecule has 0 aliphatic heterocycles. The number of benzene rings is 1. The lowest BCUT2D eigenvalue weighted by Crippen LogP contribution is -2.21. The first-order valence-electron chi connectivity index (χ1n) is 4.07. The van der Waals surface area contributed by atoms with Crippen LogP contribution in [0.25, 0.3) is 11.0 Å². The molecule has 1 heterocycles. The maximum atomic E-state index is 11.3. The summed E-state index contributed by atoms with van der Waals surface area (Å²) in [7, 11) is 1.31. The average molecular weight is 209 g/mol. The topological polar surface area (TPSA) is 90.2 Å². The average Bonchev–Trinajstić information content (AvgIpc) is 2.51. The zero-order chi connectivity index (χ0) is 11.0. The third-order valence-electron chi connectivity index (χ3n) is 2.02. The van der Waals surface area contributed by atoms with Crippen LogP contribution >= 0.6 is 0 Å². The quantitative estimate of drug-likeness (QED) is 0.568. The van der Waals surface area contributed by atoms with Gasteiger partial charge in [0.25, 0.3) is 5.69 Å². The first-order chi connectivity index (χ1) is 7.13. The Morgan fingerprint density at radius 3 is 2.87 bits per heavy atom. The van der Waals surface area contributed by atoms with Gasteiger partial charge < -0.3 is 9.82 Å². The van der Waals surface area contributed by atoms with Crippen molar-refractivity contribution in [3.05, 3.63) is 38.8 Å². The van der Waals surface area contributed by atoms with E-state index in [9.17, 15) is 14.9 Å². The molecule has 0 saturated heterocycles. The monoisotopic (exact) mass is 209 g/mol. The normalized spacial score (nSPS) is 10.5. The third kappa shape index (κ3) is 1.33. The Kier molecular flexibility index (Phi) is 1.93. The van der Waals surface area contributed by atoms with Crippen LogP contribution in [0.3, 0.4) is 0 Å². The van der Waals surface area contributed by atoms with Crippen molar-refractivity contribution in [3.63, 3.8) is 0 Å². The van der Waals surface area contributed by atoms with Gasteiger partial charge in [0.2, 0.25) is 0 Å². The minimum absolute atomic E-state index is 0.0905. The number of aromatic amines is 1. The van der Waals surface area contributed by atoms with Gasteiger partial charge in [-0.25, -0.2) is 4.79 Å². The minimum atomic E-state index is -0.531. The Labute approximate surface area is 83.0 Å². The van der Waals surface area contributed by atoms with Crippen LogP contribution in [0.2, 0.25) is 0 Å². The first kappa shape index (κ1) is 9.25. The van der Waals surface area contributed by atoms with Crippen LogP contribution in [0.5, 0.6) is 0 Å². The molecular weight excluding hydrogens is 202 g/mol. The summed E-state index contributed by atoms with van der Waals surface area (Å²) < 4.78 is 0.961. The second-order valence-corrected chi connectivity index (χ2v) is 2.87. The second-order valence-electron chi connectivity index (χ2n) is 2.87. The van der Waals surface area contributed by atoms with Crippen molar-refractivity contribution in [1.82, 2.24) is 9.71 Å². The van der Waals surface area contributed by atoms with Gasteiger partial charge in [0.05, 0.1) is 10.4 Å². The molecule has 0 amide bonds. The fourth-order valence-electron chi connectivity index (χ4n) is 1.36.